The third kappa shape index (κ3) is 2.86. The number of hydrogen-bond donors (Lipinski definition) is 0. The molecule has 0 aliphatic heterocycles. The Balaban J connectivity index is 2.63. The predicted molar refractivity (Wildman–Crippen MR) is 91.2 cm³/mol. The Bertz CT molecular complexity index is 758. The second kappa shape index (κ2) is 6.50. The number of ketones is 1. The van der Waals surface area contributed by atoms with Crippen LogP contribution in [-0.4, -0.2) is 10.4 Å². The third-order valence-corrected chi connectivity index (χ3v) is 4.44. The van der Waals surface area contributed by atoms with Gasteiger partial charge in [-0.15, -0.1) is 0 Å². The van der Waals surface area contributed by atoms with Gasteiger partial charge in [0, 0.05) is 22.3 Å². The molecule has 0 unspecified atom stereocenters. The summed E-state index contributed by atoms with van der Waals surface area (Å²) in [7, 11) is 0. The number of halogens is 1. The van der Waals surface area contributed by atoms with E-state index in [-0.39, 0.29) is 5.78 Å². The van der Waals surface area contributed by atoms with Gasteiger partial charge in [0.05, 0.1) is 12.5 Å². The second-order valence-electron chi connectivity index (χ2n) is 5.51. The van der Waals surface area contributed by atoms with Crippen LogP contribution in [0.3, 0.4) is 0 Å². The van der Waals surface area contributed by atoms with Crippen molar-refractivity contribution in [2.45, 2.75) is 40.7 Å². The van der Waals surface area contributed by atoms with Crippen molar-refractivity contribution in [3.05, 3.63) is 56.3 Å². The molecule has 0 amide bonds. The normalized spacial score (nSPS) is 10.5. The maximum Gasteiger partial charge on any atom is 0.211 e. The Labute approximate surface area is 139 Å². The van der Waals surface area contributed by atoms with Crippen LogP contribution in [0, 0.1) is 32.1 Å². The summed E-state index contributed by atoms with van der Waals surface area (Å²) in [5, 5.41) is 8.95. The van der Waals surface area contributed by atoms with Crippen molar-refractivity contribution in [2.75, 3.05) is 0 Å². The lowest BCUT2D eigenvalue weighted by Crippen LogP contribution is -2.14. The van der Waals surface area contributed by atoms with Gasteiger partial charge in [-0.05, 0) is 60.8 Å². The Kier molecular flexibility index (Phi) is 4.87. The minimum absolute atomic E-state index is 0.00733. The summed E-state index contributed by atoms with van der Waals surface area (Å²) in [5.74, 6) is 0.00733. The minimum atomic E-state index is 0.00733. The maximum atomic E-state index is 13.1. The summed E-state index contributed by atoms with van der Waals surface area (Å²) in [6.45, 7) is 8.61. The first-order valence-corrected chi connectivity index (χ1v) is 8.07. The molecule has 3 nitrogen and oxygen atoms in total. The second-order valence-corrected chi connectivity index (χ2v) is 6.37. The number of nitrogens with zero attached hydrogens (tertiary/aromatic N) is 2. The quantitative estimate of drug-likeness (QED) is 0.755. The Hall–Kier alpha value is -1.86. The molecule has 2 aromatic rings. The van der Waals surface area contributed by atoms with Crippen LogP contribution < -0.4 is 0 Å². The summed E-state index contributed by atoms with van der Waals surface area (Å²) in [4.78, 5) is 13.1. The van der Waals surface area contributed by atoms with E-state index in [4.69, 9.17) is 5.26 Å². The highest BCUT2D eigenvalue weighted by Crippen LogP contribution is 2.28. The van der Waals surface area contributed by atoms with Crippen molar-refractivity contribution >= 4 is 21.7 Å². The molecular weight excluding hydrogens is 340 g/mol. The standard InChI is InChI=1S/C18H19BrN2O/c1-5-21-14(6-7-20)10-15(19)17(21)18(22)16-12(3)8-11(2)9-13(16)4/h8-10H,5-6H2,1-4H3. The Morgan fingerprint density at radius 3 is 2.32 bits per heavy atom. The van der Waals surface area contributed by atoms with E-state index in [1.165, 1.54) is 0 Å². The van der Waals surface area contributed by atoms with Gasteiger partial charge in [0.15, 0.2) is 0 Å². The number of hydrogen-bond acceptors (Lipinski definition) is 2. The summed E-state index contributed by atoms with van der Waals surface area (Å²) in [6, 6.07) is 8.09. The molecule has 4 heteroatoms. The molecule has 1 aromatic heterocycles. The van der Waals surface area contributed by atoms with Crippen molar-refractivity contribution < 1.29 is 4.79 Å². The fraction of sp³-hybridized carbons (Fsp3) is 0.333. The fourth-order valence-corrected chi connectivity index (χ4v) is 3.70. The number of nitriles is 1. The van der Waals surface area contributed by atoms with E-state index in [9.17, 15) is 4.79 Å². The zero-order chi connectivity index (χ0) is 16.4. The first kappa shape index (κ1) is 16.5. The maximum absolute atomic E-state index is 13.1. The van der Waals surface area contributed by atoms with Crippen LogP contribution in [0.15, 0.2) is 22.7 Å². The minimum Gasteiger partial charge on any atom is -0.340 e. The molecule has 114 valence electrons. The van der Waals surface area contributed by atoms with E-state index in [1.807, 2.05) is 50.5 Å². The van der Waals surface area contributed by atoms with Gasteiger partial charge in [-0.3, -0.25) is 4.79 Å². The van der Waals surface area contributed by atoms with Gasteiger partial charge >= 0.3 is 0 Å². The molecule has 22 heavy (non-hydrogen) atoms. The van der Waals surface area contributed by atoms with Crippen molar-refractivity contribution in [1.82, 2.24) is 4.57 Å². The zero-order valence-corrected chi connectivity index (χ0v) is 14.9. The molecule has 0 fully saturated rings. The Morgan fingerprint density at radius 1 is 1.23 bits per heavy atom. The largest absolute Gasteiger partial charge is 0.340 e. The van der Waals surface area contributed by atoms with Crippen molar-refractivity contribution in [2.24, 2.45) is 0 Å². The van der Waals surface area contributed by atoms with Gasteiger partial charge < -0.3 is 4.57 Å². The Morgan fingerprint density at radius 2 is 1.82 bits per heavy atom. The zero-order valence-electron chi connectivity index (χ0n) is 13.3. The fourth-order valence-electron chi connectivity index (χ4n) is 3.04. The first-order chi connectivity index (χ1) is 10.4. The van der Waals surface area contributed by atoms with Gasteiger partial charge in [-0.2, -0.15) is 5.26 Å². The highest BCUT2D eigenvalue weighted by Gasteiger charge is 2.23. The van der Waals surface area contributed by atoms with Gasteiger partial charge in [0.1, 0.15) is 5.69 Å². The lowest BCUT2D eigenvalue weighted by molar-refractivity contribution is 0.102. The van der Waals surface area contributed by atoms with Crippen LogP contribution in [0.5, 0.6) is 0 Å². The number of aromatic nitrogens is 1. The lowest BCUT2D eigenvalue weighted by Gasteiger charge is -2.13. The molecule has 2 rings (SSSR count). The molecule has 0 radical (unpaired) electrons. The van der Waals surface area contributed by atoms with E-state index in [1.54, 1.807) is 0 Å². The summed E-state index contributed by atoms with van der Waals surface area (Å²) < 4.78 is 2.68. The molecule has 1 heterocycles. The average Bonchev–Trinajstić information content (AvgIpc) is 2.73. The number of rotatable bonds is 4. The highest BCUT2D eigenvalue weighted by atomic mass is 79.9. The van der Waals surface area contributed by atoms with E-state index in [0.717, 1.165) is 32.4 Å². The monoisotopic (exact) mass is 358 g/mol. The molecule has 1 aromatic carbocycles. The number of benzene rings is 1. The van der Waals surface area contributed by atoms with Crippen molar-refractivity contribution in [1.29, 1.82) is 5.26 Å². The SMILES string of the molecule is CCn1c(CC#N)cc(Br)c1C(=O)c1c(C)cc(C)cc1C. The highest BCUT2D eigenvalue weighted by molar-refractivity contribution is 9.10. The van der Waals surface area contributed by atoms with Gasteiger partial charge in [-0.1, -0.05) is 17.7 Å². The van der Waals surface area contributed by atoms with E-state index in [0.29, 0.717) is 18.7 Å². The number of carbonyl (C=O) groups excluding carboxylic acids is 1. The molecular formula is C18H19BrN2O. The molecule has 0 aliphatic carbocycles. The lowest BCUT2D eigenvalue weighted by atomic mass is 9.95. The van der Waals surface area contributed by atoms with Crippen LogP contribution in [-0.2, 0) is 13.0 Å². The van der Waals surface area contributed by atoms with Gasteiger partial charge in [0.25, 0.3) is 0 Å². The van der Waals surface area contributed by atoms with Crippen molar-refractivity contribution in [3.8, 4) is 6.07 Å². The van der Waals surface area contributed by atoms with Crippen LogP contribution in [0.1, 0.15) is 45.4 Å². The summed E-state index contributed by atoms with van der Waals surface area (Å²) in [5.41, 5.74) is 5.37. The van der Waals surface area contributed by atoms with Crippen molar-refractivity contribution in [3.63, 3.8) is 0 Å². The third-order valence-electron chi connectivity index (χ3n) is 3.83. The van der Waals surface area contributed by atoms with Gasteiger partial charge in [-0.25, -0.2) is 0 Å². The molecule has 0 bridgehead atoms. The molecule has 0 atom stereocenters. The van der Waals surface area contributed by atoms with Crippen LogP contribution in [0.4, 0.5) is 0 Å². The van der Waals surface area contributed by atoms with Crippen LogP contribution in [0.2, 0.25) is 0 Å². The molecule has 0 saturated carbocycles. The van der Waals surface area contributed by atoms with E-state index >= 15 is 0 Å². The van der Waals surface area contributed by atoms with Crippen LogP contribution >= 0.6 is 15.9 Å². The number of carbonyl (C=O) groups is 1. The smallest absolute Gasteiger partial charge is 0.211 e. The van der Waals surface area contributed by atoms with E-state index in [2.05, 4.69) is 22.0 Å². The predicted octanol–water partition coefficient (Wildman–Crippen LogP) is 4.49. The van der Waals surface area contributed by atoms with Crippen LogP contribution in [0.25, 0.3) is 0 Å². The first-order valence-electron chi connectivity index (χ1n) is 7.28. The summed E-state index contributed by atoms with van der Waals surface area (Å²) in [6.07, 6.45) is 0.297. The summed E-state index contributed by atoms with van der Waals surface area (Å²) >= 11 is 3.49. The van der Waals surface area contributed by atoms with Gasteiger partial charge in [0.2, 0.25) is 5.78 Å². The number of aryl methyl sites for hydroxylation is 3. The molecule has 0 aliphatic rings. The molecule has 0 saturated heterocycles. The van der Waals surface area contributed by atoms with E-state index < -0.39 is 0 Å². The average molecular weight is 359 g/mol. The topological polar surface area (TPSA) is 45.8 Å². The molecule has 0 spiro atoms. The molecule has 0 N–H and O–H groups in total.